The molecule has 1 saturated heterocycles. The summed E-state index contributed by atoms with van der Waals surface area (Å²) in [6, 6.07) is 7.50. The molecule has 1 aliphatic heterocycles. The first-order valence-electron chi connectivity index (χ1n) is 9.29. The van der Waals surface area contributed by atoms with Crippen LogP contribution in [-0.4, -0.2) is 39.0 Å². The largest absolute Gasteiger partial charge is 0.373 e. The van der Waals surface area contributed by atoms with Gasteiger partial charge < -0.3 is 19.9 Å². The van der Waals surface area contributed by atoms with Crippen molar-refractivity contribution in [2.75, 3.05) is 11.9 Å². The summed E-state index contributed by atoms with van der Waals surface area (Å²) in [4.78, 5) is 12.3. The van der Waals surface area contributed by atoms with Gasteiger partial charge in [-0.15, -0.1) is 10.2 Å². The predicted octanol–water partition coefficient (Wildman–Crippen LogP) is 3.10. The fourth-order valence-electron chi connectivity index (χ4n) is 4.08. The van der Waals surface area contributed by atoms with Crippen molar-refractivity contribution >= 4 is 11.7 Å². The quantitative estimate of drug-likeness (QED) is 0.886. The summed E-state index contributed by atoms with van der Waals surface area (Å²) in [6.07, 6.45) is 8.59. The van der Waals surface area contributed by atoms with Crippen molar-refractivity contribution < 1.29 is 9.53 Å². The lowest BCUT2D eigenvalue weighted by Gasteiger charge is -2.32. The van der Waals surface area contributed by atoms with Crippen molar-refractivity contribution in [2.45, 2.75) is 50.2 Å². The second kappa shape index (κ2) is 7.07. The minimum atomic E-state index is -0.183. The van der Waals surface area contributed by atoms with E-state index in [0.29, 0.717) is 6.61 Å². The maximum absolute atomic E-state index is 12.3. The molecule has 4 rings (SSSR count). The smallest absolute Gasteiger partial charge is 0.319 e. The zero-order chi connectivity index (χ0) is 18.0. The lowest BCUT2D eigenvalue weighted by atomic mass is 9.82. The van der Waals surface area contributed by atoms with Gasteiger partial charge in [-0.3, -0.25) is 0 Å². The Hall–Kier alpha value is -2.41. The molecule has 2 aliphatic rings. The average Bonchev–Trinajstić information content (AvgIpc) is 3.23. The van der Waals surface area contributed by atoms with Crippen LogP contribution in [0.25, 0.3) is 11.4 Å². The number of carbonyl (C=O) groups is 1. The van der Waals surface area contributed by atoms with Crippen molar-refractivity contribution in [1.29, 1.82) is 0 Å². The van der Waals surface area contributed by atoms with Crippen molar-refractivity contribution in [3.63, 3.8) is 0 Å². The monoisotopic (exact) mass is 355 g/mol. The van der Waals surface area contributed by atoms with Crippen LogP contribution in [0.3, 0.4) is 0 Å². The van der Waals surface area contributed by atoms with Gasteiger partial charge in [0.15, 0.2) is 5.82 Å². The summed E-state index contributed by atoms with van der Waals surface area (Å²) in [5, 5.41) is 13.9. The van der Waals surface area contributed by atoms with E-state index >= 15 is 0 Å². The Morgan fingerprint density at radius 3 is 2.69 bits per heavy atom. The van der Waals surface area contributed by atoms with Gasteiger partial charge in [-0.2, -0.15) is 0 Å². The molecule has 7 nitrogen and oxygen atoms in total. The van der Waals surface area contributed by atoms with E-state index in [1.165, 1.54) is 19.3 Å². The molecule has 26 heavy (non-hydrogen) atoms. The van der Waals surface area contributed by atoms with Crippen molar-refractivity contribution in [3.05, 3.63) is 30.6 Å². The number of anilines is 1. The lowest BCUT2D eigenvalue weighted by molar-refractivity contribution is -0.0245. The molecule has 1 aromatic carbocycles. The highest BCUT2D eigenvalue weighted by molar-refractivity contribution is 5.89. The minimum absolute atomic E-state index is 0.00788. The minimum Gasteiger partial charge on any atom is -0.373 e. The molecular formula is C19H25N5O2. The van der Waals surface area contributed by atoms with Crippen LogP contribution in [-0.2, 0) is 11.8 Å². The number of rotatable bonds is 3. The van der Waals surface area contributed by atoms with Crippen LogP contribution >= 0.6 is 0 Å². The number of ether oxygens (including phenoxy) is 1. The van der Waals surface area contributed by atoms with Crippen molar-refractivity contribution in [2.24, 2.45) is 7.05 Å². The van der Waals surface area contributed by atoms with E-state index in [1.807, 2.05) is 35.9 Å². The van der Waals surface area contributed by atoms with Gasteiger partial charge in [0.1, 0.15) is 6.33 Å². The molecule has 0 radical (unpaired) electrons. The summed E-state index contributed by atoms with van der Waals surface area (Å²) in [7, 11) is 1.90. The molecule has 7 heteroatoms. The maximum Gasteiger partial charge on any atom is 0.319 e. The first kappa shape index (κ1) is 17.0. The maximum atomic E-state index is 12.3. The van der Waals surface area contributed by atoms with Crippen LogP contribution in [0.15, 0.2) is 30.6 Å². The number of carbonyl (C=O) groups excluding carboxylic acids is 1. The van der Waals surface area contributed by atoms with E-state index in [-0.39, 0.29) is 17.7 Å². The molecule has 1 atom stereocenters. The number of nitrogens with one attached hydrogen (secondary N) is 2. The Morgan fingerprint density at radius 1 is 1.23 bits per heavy atom. The van der Waals surface area contributed by atoms with E-state index < -0.39 is 0 Å². The number of hydrogen-bond donors (Lipinski definition) is 2. The Labute approximate surface area is 153 Å². The lowest BCUT2D eigenvalue weighted by Crippen LogP contribution is -2.39. The summed E-state index contributed by atoms with van der Waals surface area (Å²) in [5.74, 6) is 0.793. The number of aromatic nitrogens is 3. The summed E-state index contributed by atoms with van der Waals surface area (Å²) >= 11 is 0. The molecule has 2 aromatic rings. The molecule has 0 unspecified atom stereocenters. The number of hydrogen-bond acceptors (Lipinski definition) is 4. The van der Waals surface area contributed by atoms with E-state index in [4.69, 9.17) is 4.74 Å². The Morgan fingerprint density at radius 2 is 2.00 bits per heavy atom. The molecule has 2 N–H and O–H groups in total. The fraction of sp³-hybridized carbons (Fsp3) is 0.526. The molecule has 2 fully saturated rings. The third-order valence-corrected chi connectivity index (χ3v) is 5.42. The zero-order valence-corrected chi connectivity index (χ0v) is 15.1. The number of amides is 2. The SMILES string of the molecule is Cn1cnnc1-c1ccc(NC(=O)N[C@@H]2COC3(CCCCC3)C2)cc1. The standard InChI is InChI=1S/C19H25N5O2/c1-24-13-20-23-17(24)14-5-7-15(8-6-14)21-18(25)22-16-11-19(26-12-16)9-3-2-4-10-19/h5-8,13,16H,2-4,9-12H2,1H3,(H2,21,22,25)/t16-/m0/s1. The molecular weight excluding hydrogens is 330 g/mol. The van der Waals surface area contributed by atoms with E-state index in [2.05, 4.69) is 20.8 Å². The summed E-state index contributed by atoms with van der Waals surface area (Å²) in [5.41, 5.74) is 1.72. The summed E-state index contributed by atoms with van der Waals surface area (Å²) in [6.45, 7) is 0.610. The highest BCUT2D eigenvalue weighted by atomic mass is 16.5. The molecule has 2 heterocycles. The first-order valence-corrected chi connectivity index (χ1v) is 9.29. The Bertz CT molecular complexity index is 764. The van der Waals surface area contributed by atoms with Gasteiger partial charge in [-0.1, -0.05) is 19.3 Å². The average molecular weight is 355 g/mol. The molecule has 1 spiro atoms. The molecule has 1 aliphatic carbocycles. The van der Waals surface area contributed by atoms with Crippen molar-refractivity contribution in [1.82, 2.24) is 20.1 Å². The molecule has 138 valence electrons. The summed E-state index contributed by atoms with van der Waals surface area (Å²) < 4.78 is 7.91. The molecule has 0 bridgehead atoms. The Balaban J connectivity index is 1.32. The van der Waals surface area contributed by atoms with Gasteiger partial charge in [0, 0.05) is 18.3 Å². The number of urea groups is 1. The fourth-order valence-corrected chi connectivity index (χ4v) is 4.08. The topological polar surface area (TPSA) is 81.1 Å². The number of benzene rings is 1. The van der Waals surface area contributed by atoms with E-state index in [0.717, 1.165) is 36.3 Å². The van der Waals surface area contributed by atoms with Crippen molar-refractivity contribution in [3.8, 4) is 11.4 Å². The first-order chi connectivity index (χ1) is 12.6. The highest BCUT2D eigenvalue weighted by Gasteiger charge is 2.41. The number of aryl methyl sites for hydroxylation is 1. The van der Waals surface area contributed by atoms with Gasteiger partial charge in [0.2, 0.25) is 0 Å². The highest BCUT2D eigenvalue weighted by Crippen LogP contribution is 2.39. The van der Waals surface area contributed by atoms with Crippen LogP contribution in [0.2, 0.25) is 0 Å². The second-order valence-electron chi connectivity index (χ2n) is 7.40. The van der Waals surface area contributed by atoms with Crippen LogP contribution in [0, 0.1) is 0 Å². The zero-order valence-electron chi connectivity index (χ0n) is 15.1. The third kappa shape index (κ3) is 3.58. The van der Waals surface area contributed by atoms with Gasteiger partial charge in [-0.05, 0) is 43.5 Å². The van der Waals surface area contributed by atoms with Crippen LogP contribution in [0.4, 0.5) is 10.5 Å². The third-order valence-electron chi connectivity index (χ3n) is 5.42. The Kier molecular flexibility index (Phi) is 4.63. The second-order valence-corrected chi connectivity index (χ2v) is 7.40. The molecule has 2 amide bonds. The molecule has 1 saturated carbocycles. The molecule has 1 aromatic heterocycles. The number of nitrogens with zero attached hydrogens (tertiary/aromatic N) is 3. The van der Waals surface area contributed by atoms with Gasteiger partial charge >= 0.3 is 6.03 Å². The van der Waals surface area contributed by atoms with Crippen LogP contribution in [0.1, 0.15) is 38.5 Å². The van der Waals surface area contributed by atoms with Crippen LogP contribution in [0.5, 0.6) is 0 Å². The van der Waals surface area contributed by atoms with Gasteiger partial charge in [0.25, 0.3) is 0 Å². The van der Waals surface area contributed by atoms with E-state index in [9.17, 15) is 4.79 Å². The van der Waals surface area contributed by atoms with E-state index in [1.54, 1.807) is 6.33 Å². The predicted molar refractivity (Wildman–Crippen MR) is 98.8 cm³/mol. The normalized spacial score (nSPS) is 21.7. The van der Waals surface area contributed by atoms with Crippen LogP contribution < -0.4 is 10.6 Å². The van der Waals surface area contributed by atoms with Gasteiger partial charge in [0.05, 0.1) is 18.2 Å². The van der Waals surface area contributed by atoms with Gasteiger partial charge in [-0.25, -0.2) is 4.79 Å².